The van der Waals surface area contributed by atoms with Crippen molar-refractivity contribution in [3.05, 3.63) is 66.7 Å². The van der Waals surface area contributed by atoms with E-state index in [1.165, 1.54) is 17.3 Å². The molecule has 1 amide bonds. The lowest BCUT2D eigenvalue weighted by Crippen LogP contribution is -2.15. The summed E-state index contributed by atoms with van der Waals surface area (Å²) in [5.74, 6) is 1.49. The van der Waals surface area contributed by atoms with E-state index in [1.807, 2.05) is 35.8 Å². The zero-order chi connectivity index (χ0) is 23.1. The van der Waals surface area contributed by atoms with Crippen LogP contribution in [0.1, 0.15) is 33.3 Å². The normalized spacial score (nSPS) is 11.2. The molecule has 0 aliphatic heterocycles. The summed E-state index contributed by atoms with van der Waals surface area (Å²) in [5, 5.41) is 12.3. The van der Waals surface area contributed by atoms with Gasteiger partial charge in [-0.05, 0) is 30.0 Å². The highest BCUT2D eigenvalue weighted by Crippen LogP contribution is 2.28. The van der Waals surface area contributed by atoms with Crippen molar-refractivity contribution in [2.24, 2.45) is 0 Å². The van der Waals surface area contributed by atoms with Crippen molar-refractivity contribution >= 4 is 23.4 Å². The average Bonchev–Trinajstić information content (AvgIpc) is 3.16. The first kappa shape index (κ1) is 23.6. The predicted octanol–water partition coefficient (Wildman–Crippen LogP) is 5.56. The van der Waals surface area contributed by atoms with E-state index < -0.39 is 0 Å². The zero-order valence-electron chi connectivity index (χ0n) is 19.1. The summed E-state index contributed by atoms with van der Waals surface area (Å²) in [6, 6.07) is 15.8. The fourth-order valence-electron chi connectivity index (χ4n) is 3.19. The van der Waals surface area contributed by atoms with Crippen LogP contribution in [-0.2, 0) is 16.8 Å². The van der Waals surface area contributed by atoms with E-state index >= 15 is 0 Å². The van der Waals surface area contributed by atoms with Crippen LogP contribution in [0.4, 0.5) is 5.69 Å². The Labute approximate surface area is 194 Å². The van der Waals surface area contributed by atoms with Gasteiger partial charge in [-0.15, -0.1) is 16.8 Å². The van der Waals surface area contributed by atoms with Gasteiger partial charge in [0.1, 0.15) is 5.75 Å². The Morgan fingerprint density at radius 2 is 1.88 bits per heavy atom. The predicted molar refractivity (Wildman–Crippen MR) is 131 cm³/mol. The third-order valence-corrected chi connectivity index (χ3v) is 5.80. The Morgan fingerprint density at radius 3 is 2.53 bits per heavy atom. The maximum Gasteiger partial charge on any atom is 0.234 e. The number of carbonyl (C=O) groups excluding carboxylic acids is 1. The van der Waals surface area contributed by atoms with Gasteiger partial charge in [-0.2, -0.15) is 0 Å². The molecule has 1 heterocycles. The molecule has 0 saturated heterocycles. The van der Waals surface area contributed by atoms with Gasteiger partial charge in [-0.3, -0.25) is 9.36 Å². The highest BCUT2D eigenvalue weighted by atomic mass is 32.2. The van der Waals surface area contributed by atoms with Crippen LogP contribution in [0.15, 0.2) is 66.3 Å². The Balaban J connectivity index is 1.73. The Kier molecular flexibility index (Phi) is 7.75. The Bertz CT molecular complexity index is 1070. The highest BCUT2D eigenvalue weighted by Gasteiger charge is 2.17. The largest absolute Gasteiger partial charge is 0.492 e. The first-order chi connectivity index (χ1) is 15.3. The van der Waals surface area contributed by atoms with Crippen molar-refractivity contribution in [3.8, 4) is 17.1 Å². The molecule has 0 spiro atoms. The highest BCUT2D eigenvalue weighted by molar-refractivity contribution is 7.99. The van der Waals surface area contributed by atoms with E-state index in [2.05, 4.69) is 67.1 Å². The minimum atomic E-state index is -0.133. The van der Waals surface area contributed by atoms with Crippen LogP contribution in [0.25, 0.3) is 11.4 Å². The second-order valence-electron chi connectivity index (χ2n) is 8.30. The molecule has 3 rings (SSSR count). The molecule has 1 aromatic heterocycles. The lowest BCUT2D eigenvalue weighted by molar-refractivity contribution is -0.113. The number of hydrogen-bond donors (Lipinski definition) is 1. The molecule has 1 N–H and O–H groups in total. The summed E-state index contributed by atoms with van der Waals surface area (Å²) in [6.07, 6.45) is 1.80. The zero-order valence-corrected chi connectivity index (χ0v) is 19.9. The molecule has 6 nitrogen and oxygen atoms in total. The molecule has 0 bridgehead atoms. The molecule has 0 saturated carbocycles. The molecule has 32 heavy (non-hydrogen) atoms. The molecule has 0 aliphatic carbocycles. The fraction of sp³-hybridized carbons (Fsp3) is 0.320. The number of carbonyl (C=O) groups is 1. The average molecular weight is 451 g/mol. The fourth-order valence-corrected chi connectivity index (χ4v) is 3.94. The quantitative estimate of drug-likeness (QED) is 0.341. The lowest BCUT2D eigenvalue weighted by Gasteiger charge is -2.19. The van der Waals surface area contributed by atoms with Gasteiger partial charge in [0.2, 0.25) is 5.91 Å². The van der Waals surface area contributed by atoms with E-state index in [1.54, 1.807) is 6.08 Å². The Morgan fingerprint density at radius 1 is 1.16 bits per heavy atom. The summed E-state index contributed by atoms with van der Waals surface area (Å²) in [7, 11) is 0. The second kappa shape index (κ2) is 10.5. The minimum absolute atomic E-state index is 0.0858. The van der Waals surface area contributed by atoms with Gasteiger partial charge in [-0.1, -0.05) is 75.0 Å². The first-order valence-electron chi connectivity index (χ1n) is 10.6. The number of aromatic nitrogens is 3. The number of nitrogens with one attached hydrogen (secondary N) is 1. The van der Waals surface area contributed by atoms with Gasteiger partial charge in [0.15, 0.2) is 11.0 Å². The SMILES string of the molecule is C=CCn1c(SCC(=O)Nc2ccccc2OCC)nnc1-c1ccc(C(C)(C)C)cc1. The number of nitrogens with zero attached hydrogens (tertiary/aromatic N) is 3. The van der Waals surface area contributed by atoms with Gasteiger partial charge in [0, 0.05) is 12.1 Å². The molecule has 0 unspecified atom stereocenters. The molecule has 3 aromatic rings. The molecular weight excluding hydrogens is 420 g/mol. The summed E-state index contributed by atoms with van der Waals surface area (Å²) in [5.41, 5.74) is 2.98. The number of allylic oxidation sites excluding steroid dienone is 1. The second-order valence-corrected chi connectivity index (χ2v) is 9.24. The number of thioether (sulfide) groups is 1. The molecule has 0 aliphatic rings. The van der Waals surface area contributed by atoms with Crippen molar-refractivity contribution < 1.29 is 9.53 Å². The van der Waals surface area contributed by atoms with E-state index in [4.69, 9.17) is 4.74 Å². The monoisotopic (exact) mass is 450 g/mol. The molecule has 7 heteroatoms. The molecule has 0 atom stereocenters. The maximum atomic E-state index is 12.6. The summed E-state index contributed by atoms with van der Waals surface area (Å²) < 4.78 is 7.55. The van der Waals surface area contributed by atoms with Crippen LogP contribution < -0.4 is 10.1 Å². The first-order valence-corrected chi connectivity index (χ1v) is 11.6. The van der Waals surface area contributed by atoms with Crippen LogP contribution >= 0.6 is 11.8 Å². The third kappa shape index (κ3) is 5.79. The minimum Gasteiger partial charge on any atom is -0.492 e. The maximum absolute atomic E-state index is 12.6. The van der Waals surface area contributed by atoms with Crippen molar-refractivity contribution in [3.63, 3.8) is 0 Å². The van der Waals surface area contributed by atoms with Crippen LogP contribution in [0, 0.1) is 0 Å². The van der Waals surface area contributed by atoms with Crippen molar-refractivity contribution in [1.82, 2.24) is 14.8 Å². The summed E-state index contributed by atoms with van der Waals surface area (Å²) in [4.78, 5) is 12.6. The van der Waals surface area contributed by atoms with Gasteiger partial charge in [-0.25, -0.2) is 0 Å². The smallest absolute Gasteiger partial charge is 0.234 e. The third-order valence-electron chi connectivity index (χ3n) is 4.83. The van der Waals surface area contributed by atoms with Gasteiger partial charge in [0.25, 0.3) is 0 Å². The van der Waals surface area contributed by atoms with Crippen LogP contribution in [0.2, 0.25) is 0 Å². The van der Waals surface area contributed by atoms with Gasteiger partial charge in [0.05, 0.1) is 18.0 Å². The number of anilines is 1. The molecular formula is C25H30N4O2S. The number of benzene rings is 2. The van der Waals surface area contributed by atoms with Gasteiger partial charge < -0.3 is 10.1 Å². The van der Waals surface area contributed by atoms with Crippen molar-refractivity contribution in [2.45, 2.75) is 44.8 Å². The van der Waals surface area contributed by atoms with Crippen LogP contribution in [0.5, 0.6) is 5.75 Å². The molecule has 168 valence electrons. The van der Waals surface area contributed by atoms with E-state index in [0.717, 1.165) is 11.4 Å². The van der Waals surface area contributed by atoms with E-state index in [9.17, 15) is 4.79 Å². The molecule has 0 fully saturated rings. The van der Waals surface area contributed by atoms with E-state index in [-0.39, 0.29) is 17.1 Å². The summed E-state index contributed by atoms with van der Waals surface area (Å²) >= 11 is 1.35. The van der Waals surface area contributed by atoms with Crippen molar-refractivity contribution in [1.29, 1.82) is 0 Å². The Hall–Kier alpha value is -3.06. The number of para-hydroxylation sites is 2. The molecule has 2 aromatic carbocycles. The number of hydrogen-bond acceptors (Lipinski definition) is 5. The molecule has 0 radical (unpaired) electrons. The number of rotatable bonds is 9. The van der Waals surface area contributed by atoms with Crippen molar-refractivity contribution in [2.75, 3.05) is 17.7 Å². The number of ether oxygens (including phenoxy) is 1. The summed E-state index contributed by atoms with van der Waals surface area (Å²) in [6.45, 7) is 13.4. The number of amides is 1. The van der Waals surface area contributed by atoms with E-state index in [0.29, 0.717) is 29.7 Å². The topological polar surface area (TPSA) is 69.0 Å². The van der Waals surface area contributed by atoms with Crippen LogP contribution in [-0.4, -0.2) is 33.0 Å². The van der Waals surface area contributed by atoms with Crippen LogP contribution in [0.3, 0.4) is 0 Å². The lowest BCUT2D eigenvalue weighted by atomic mass is 9.87. The standard InChI is InChI=1S/C25H30N4O2S/c1-6-16-29-23(18-12-14-19(15-13-18)25(3,4)5)27-28-24(29)32-17-22(30)26-20-10-8-9-11-21(20)31-7-2/h6,8-15H,1,7,16-17H2,2-5H3,(H,26,30). The van der Waals surface area contributed by atoms with Gasteiger partial charge >= 0.3 is 0 Å².